The lowest BCUT2D eigenvalue weighted by molar-refractivity contribution is -0.384. The van der Waals surface area contributed by atoms with Crippen molar-refractivity contribution in [2.75, 3.05) is 5.32 Å². The van der Waals surface area contributed by atoms with E-state index in [9.17, 15) is 29.3 Å². The van der Waals surface area contributed by atoms with E-state index in [2.05, 4.69) is 5.32 Å². The Morgan fingerprint density at radius 2 is 1.35 bits per heavy atom. The van der Waals surface area contributed by atoms with Crippen LogP contribution in [0.4, 0.5) is 11.4 Å². The number of nitrogens with one attached hydrogen (secondary N) is 1. The maximum absolute atomic E-state index is 12.7. The van der Waals surface area contributed by atoms with E-state index in [1.54, 1.807) is 91.0 Å². The molecule has 0 unspecified atom stereocenters. The summed E-state index contributed by atoms with van der Waals surface area (Å²) < 4.78 is 0. The Morgan fingerprint density at radius 1 is 0.775 bits per heavy atom. The smallest absolute Gasteiger partial charge is 0.269 e. The van der Waals surface area contributed by atoms with E-state index in [0.29, 0.717) is 39.1 Å². The predicted octanol–water partition coefficient (Wildman–Crippen LogP) is 5.54. The highest BCUT2D eigenvalue weighted by Crippen LogP contribution is 2.24. The molecule has 4 aromatic rings. The molecule has 9 heteroatoms. The molecule has 0 saturated heterocycles. The van der Waals surface area contributed by atoms with Gasteiger partial charge in [0.2, 0.25) is 0 Å². The van der Waals surface area contributed by atoms with Crippen molar-refractivity contribution < 1.29 is 24.1 Å². The minimum absolute atomic E-state index is 0.0292. The van der Waals surface area contributed by atoms with Crippen LogP contribution in [0.1, 0.15) is 52.6 Å². The van der Waals surface area contributed by atoms with Gasteiger partial charge >= 0.3 is 0 Å². The highest BCUT2D eigenvalue weighted by atomic mass is 16.6. The van der Waals surface area contributed by atoms with E-state index in [1.165, 1.54) is 23.1 Å². The van der Waals surface area contributed by atoms with Gasteiger partial charge in [0.1, 0.15) is 0 Å². The molecule has 4 aromatic carbocycles. The Labute approximate surface area is 228 Å². The van der Waals surface area contributed by atoms with Crippen molar-refractivity contribution in [3.8, 4) is 0 Å². The number of imide groups is 1. The molecule has 1 aliphatic rings. The topological polar surface area (TPSA) is 127 Å². The molecule has 1 heterocycles. The Bertz CT molecular complexity index is 1640. The molecule has 9 nitrogen and oxygen atoms in total. The normalized spacial score (nSPS) is 12.4. The Balaban J connectivity index is 1.17. The van der Waals surface area contributed by atoms with Crippen molar-refractivity contribution in [3.63, 3.8) is 0 Å². The lowest BCUT2D eigenvalue weighted by Gasteiger charge is -2.14. The number of anilines is 1. The largest absolute Gasteiger partial charge is 0.322 e. The monoisotopic (exact) mass is 531 g/mol. The first-order valence-corrected chi connectivity index (χ1v) is 12.2. The number of ketones is 1. The van der Waals surface area contributed by atoms with Gasteiger partial charge in [-0.25, -0.2) is 0 Å². The zero-order chi connectivity index (χ0) is 28.2. The third kappa shape index (κ3) is 5.44. The van der Waals surface area contributed by atoms with Gasteiger partial charge in [0.05, 0.1) is 22.6 Å². The van der Waals surface area contributed by atoms with Gasteiger partial charge in [-0.1, -0.05) is 30.3 Å². The van der Waals surface area contributed by atoms with Crippen LogP contribution in [0, 0.1) is 10.1 Å². The summed E-state index contributed by atoms with van der Waals surface area (Å²) in [6.07, 6.45) is 2.94. The minimum atomic E-state index is -0.491. The quantitative estimate of drug-likeness (QED) is 0.105. The zero-order valence-corrected chi connectivity index (χ0v) is 20.9. The minimum Gasteiger partial charge on any atom is -0.322 e. The number of fused-ring (bicyclic) bond motifs is 1. The standard InChI is InChI=1S/C31H21N3O6/c35-28(18-9-20-7-16-25(17-8-20)34(39)40)22-12-14-24(15-13-22)32-29(36)23-10-5-21(6-11-23)19-33-30(37)26-3-1-2-4-27(26)31(33)38/h1-18H,19H2,(H,32,36)/b18-9+. The molecule has 0 spiro atoms. The lowest BCUT2D eigenvalue weighted by atomic mass is 10.1. The number of nitrogens with zero attached hydrogens (tertiary/aromatic N) is 2. The molecule has 0 fully saturated rings. The third-order valence-electron chi connectivity index (χ3n) is 6.39. The fourth-order valence-electron chi connectivity index (χ4n) is 4.22. The first-order valence-electron chi connectivity index (χ1n) is 12.2. The van der Waals surface area contributed by atoms with Crippen molar-refractivity contribution in [3.05, 3.63) is 147 Å². The van der Waals surface area contributed by atoms with Crippen molar-refractivity contribution in [1.82, 2.24) is 4.90 Å². The second-order valence-electron chi connectivity index (χ2n) is 9.02. The fourth-order valence-corrected chi connectivity index (χ4v) is 4.22. The Hall–Kier alpha value is -5.70. The van der Waals surface area contributed by atoms with Crippen LogP contribution in [0.15, 0.2) is 103 Å². The average Bonchev–Trinajstić information content (AvgIpc) is 3.21. The summed E-state index contributed by atoms with van der Waals surface area (Å²) in [7, 11) is 0. The highest BCUT2D eigenvalue weighted by molar-refractivity contribution is 6.21. The van der Waals surface area contributed by atoms with Crippen LogP contribution in [0.5, 0.6) is 0 Å². The van der Waals surface area contributed by atoms with Gasteiger partial charge in [-0.05, 0) is 77.9 Å². The number of nitro groups is 1. The third-order valence-corrected chi connectivity index (χ3v) is 6.39. The summed E-state index contributed by atoms with van der Waals surface area (Å²) in [5.74, 6) is -1.30. The van der Waals surface area contributed by atoms with E-state index in [1.807, 2.05) is 0 Å². The number of nitro benzene ring substituents is 1. The number of non-ortho nitro benzene ring substituents is 1. The average molecular weight is 532 g/mol. The molecular formula is C31H21N3O6. The molecule has 5 rings (SSSR count). The van der Waals surface area contributed by atoms with Crippen LogP contribution in [-0.4, -0.2) is 33.3 Å². The van der Waals surface area contributed by atoms with Crippen LogP contribution < -0.4 is 5.32 Å². The molecular weight excluding hydrogens is 510 g/mol. The van der Waals surface area contributed by atoms with Crippen LogP contribution >= 0.6 is 0 Å². The Morgan fingerprint density at radius 3 is 1.93 bits per heavy atom. The van der Waals surface area contributed by atoms with E-state index in [4.69, 9.17) is 0 Å². The fraction of sp³-hybridized carbons (Fsp3) is 0.0323. The number of rotatable bonds is 8. The molecule has 40 heavy (non-hydrogen) atoms. The molecule has 0 aromatic heterocycles. The number of carbonyl (C=O) groups excluding carboxylic acids is 4. The highest BCUT2D eigenvalue weighted by Gasteiger charge is 2.34. The lowest BCUT2D eigenvalue weighted by Crippen LogP contribution is -2.29. The molecule has 0 aliphatic carbocycles. The van der Waals surface area contributed by atoms with E-state index >= 15 is 0 Å². The summed E-state index contributed by atoms with van der Waals surface area (Å²) in [4.78, 5) is 61.8. The van der Waals surface area contributed by atoms with Crippen molar-refractivity contribution in [2.24, 2.45) is 0 Å². The SMILES string of the molecule is O=C(/C=C/c1ccc([N+](=O)[O-])cc1)c1ccc(NC(=O)c2ccc(CN3C(=O)c4ccccc4C3=O)cc2)cc1. The van der Waals surface area contributed by atoms with Crippen LogP contribution in [-0.2, 0) is 6.54 Å². The summed E-state index contributed by atoms with van der Waals surface area (Å²) in [5.41, 5.74) is 3.39. The molecule has 0 atom stereocenters. The van der Waals surface area contributed by atoms with E-state index in [-0.39, 0.29) is 35.7 Å². The van der Waals surface area contributed by atoms with E-state index in [0.717, 1.165) is 0 Å². The van der Waals surface area contributed by atoms with Gasteiger partial charge in [-0.15, -0.1) is 0 Å². The number of allylic oxidation sites excluding steroid dienone is 1. The summed E-state index contributed by atoms with van der Waals surface area (Å²) in [6, 6.07) is 25.5. The van der Waals surface area contributed by atoms with Gasteiger partial charge < -0.3 is 5.32 Å². The second-order valence-corrected chi connectivity index (χ2v) is 9.02. The summed E-state index contributed by atoms with van der Waals surface area (Å²) in [5, 5.41) is 13.5. The molecule has 0 saturated carbocycles. The van der Waals surface area contributed by atoms with Crippen molar-refractivity contribution >= 4 is 41.0 Å². The van der Waals surface area contributed by atoms with Crippen LogP contribution in [0.25, 0.3) is 6.08 Å². The van der Waals surface area contributed by atoms with Gasteiger partial charge in [0.25, 0.3) is 23.4 Å². The molecule has 1 N–H and O–H groups in total. The number of hydrogen-bond acceptors (Lipinski definition) is 6. The molecule has 0 bridgehead atoms. The summed E-state index contributed by atoms with van der Waals surface area (Å²) >= 11 is 0. The van der Waals surface area contributed by atoms with E-state index < -0.39 is 4.92 Å². The molecule has 0 radical (unpaired) electrons. The number of amides is 3. The number of benzene rings is 4. The Kier molecular flexibility index (Phi) is 7.10. The molecule has 196 valence electrons. The first kappa shape index (κ1) is 25.9. The second kappa shape index (κ2) is 11.0. The van der Waals surface area contributed by atoms with Gasteiger partial charge in [0, 0.05) is 28.9 Å². The number of carbonyl (C=O) groups is 4. The number of hydrogen-bond donors (Lipinski definition) is 1. The molecule has 3 amide bonds. The van der Waals surface area contributed by atoms with Gasteiger partial charge in [-0.3, -0.25) is 34.2 Å². The van der Waals surface area contributed by atoms with Crippen LogP contribution in [0.3, 0.4) is 0 Å². The molecule has 1 aliphatic heterocycles. The van der Waals surface area contributed by atoms with Crippen molar-refractivity contribution in [2.45, 2.75) is 6.54 Å². The first-order chi connectivity index (χ1) is 19.3. The van der Waals surface area contributed by atoms with Crippen molar-refractivity contribution in [1.29, 1.82) is 0 Å². The van der Waals surface area contributed by atoms with Crippen LogP contribution in [0.2, 0.25) is 0 Å². The zero-order valence-electron chi connectivity index (χ0n) is 20.9. The predicted molar refractivity (Wildman–Crippen MR) is 148 cm³/mol. The maximum Gasteiger partial charge on any atom is 0.269 e. The summed E-state index contributed by atoms with van der Waals surface area (Å²) in [6.45, 7) is 0.0996. The van der Waals surface area contributed by atoms with Gasteiger partial charge in [0.15, 0.2) is 5.78 Å². The van der Waals surface area contributed by atoms with Gasteiger partial charge in [-0.2, -0.15) is 0 Å². The maximum atomic E-state index is 12.7.